The van der Waals surface area contributed by atoms with Crippen LogP contribution in [0.25, 0.3) is 0 Å². The first kappa shape index (κ1) is 41.2. The van der Waals surface area contributed by atoms with Crippen LogP contribution in [0.2, 0.25) is 0 Å². The van der Waals surface area contributed by atoms with E-state index in [0.29, 0.717) is 30.7 Å². The molecule has 54 heavy (non-hydrogen) atoms. The molecule has 2 aliphatic carbocycles. The van der Waals surface area contributed by atoms with Crippen molar-refractivity contribution in [3.05, 3.63) is 65.2 Å². The number of phenolic OH excluding ortho intramolecular Hbond substituents is 1. The minimum Gasteiger partial charge on any atom is -0.508 e. The average molecular weight is 743 g/mol. The van der Waals surface area contributed by atoms with Crippen molar-refractivity contribution in [2.24, 2.45) is 28.5 Å². The molecule has 2 aromatic carbocycles. The molecule has 4 unspecified atom stereocenters. The van der Waals surface area contributed by atoms with Gasteiger partial charge in [-0.1, -0.05) is 90.3 Å². The molecule has 2 bridgehead atoms. The van der Waals surface area contributed by atoms with Gasteiger partial charge in [-0.05, 0) is 103 Å². The zero-order valence-corrected chi connectivity index (χ0v) is 33.5. The number of rotatable bonds is 20. The van der Waals surface area contributed by atoms with Gasteiger partial charge in [0.25, 0.3) is 0 Å². The fourth-order valence-corrected chi connectivity index (χ4v) is 9.10. The number of nitrogens with two attached hydrogens (primary N) is 1. The largest absolute Gasteiger partial charge is 0.508 e. The summed E-state index contributed by atoms with van der Waals surface area (Å²) in [5.74, 6) is 1.12. The van der Waals surface area contributed by atoms with Crippen LogP contribution in [0.3, 0.4) is 0 Å². The topological polar surface area (TPSA) is 149 Å². The van der Waals surface area contributed by atoms with Gasteiger partial charge in [0.2, 0.25) is 17.7 Å². The second-order valence-corrected chi connectivity index (χ2v) is 16.9. The van der Waals surface area contributed by atoms with E-state index in [2.05, 4.69) is 52.7 Å². The van der Waals surface area contributed by atoms with E-state index in [1.54, 1.807) is 6.07 Å². The van der Waals surface area contributed by atoms with Crippen LogP contribution < -0.4 is 21.7 Å². The Hall–Kier alpha value is -3.92. The van der Waals surface area contributed by atoms with E-state index in [9.17, 15) is 19.5 Å². The Kier molecular flexibility index (Phi) is 14.2. The molecule has 1 heterocycles. The Morgan fingerprint density at radius 1 is 1.04 bits per heavy atom. The summed E-state index contributed by atoms with van der Waals surface area (Å²) in [4.78, 5) is 47.6. The molecule has 3 amide bonds. The van der Waals surface area contributed by atoms with Gasteiger partial charge < -0.3 is 26.8 Å². The summed E-state index contributed by atoms with van der Waals surface area (Å²) >= 11 is 0. The number of piperidine rings is 1. The van der Waals surface area contributed by atoms with Crippen molar-refractivity contribution in [1.29, 1.82) is 0 Å². The normalized spacial score (nSPS) is 25.4. The molecule has 0 spiro atoms. The first-order valence-corrected chi connectivity index (χ1v) is 20.6. The third-order valence-electron chi connectivity index (χ3n) is 12.6. The second kappa shape index (κ2) is 18.6. The van der Waals surface area contributed by atoms with Crippen molar-refractivity contribution in [3.8, 4) is 5.75 Å². The van der Waals surface area contributed by atoms with Crippen LogP contribution >= 0.6 is 0 Å². The average Bonchev–Trinajstić information content (AvgIpc) is 3.88. The van der Waals surface area contributed by atoms with E-state index in [1.807, 2.05) is 50.2 Å². The van der Waals surface area contributed by atoms with Gasteiger partial charge in [0.05, 0.1) is 17.8 Å². The molecule has 296 valence electrons. The Labute approximate surface area is 323 Å². The zero-order valence-electron chi connectivity index (χ0n) is 33.5. The predicted octanol–water partition coefficient (Wildman–Crippen LogP) is 5.75. The van der Waals surface area contributed by atoms with Gasteiger partial charge in [-0.2, -0.15) is 0 Å². The van der Waals surface area contributed by atoms with Crippen LogP contribution in [0.15, 0.2) is 53.5 Å². The molecule has 6 N–H and O–H groups in total. The van der Waals surface area contributed by atoms with Gasteiger partial charge in [0.15, 0.2) is 0 Å². The van der Waals surface area contributed by atoms with Crippen molar-refractivity contribution in [2.75, 3.05) is 32.7 Å². The Morgan fingerprint density at radius 2 is 1.80 bits per heavy atom. The third kappa shape index (κ3) is 9.84. The van der Waals surface area contributed by atoms with Crippen LogP contribution in [0.4, 0.5) is 0 Å². The summed E-state index contributed by atoms with van der Waals surface area (Å²) in [6.45, 7) is 13.7. The third-order valence-corrected chi connectivity index (χ3v) is 12.6. The van der Waals surface area contributed by atoms with Gasteiger partial charge >= 0.3 is 0 Å². The summed E-state index contributed by atoms with van der Waals surface area (Å²) in [7, 11) is 0. The zero-order chi connectivity index (χ0) is 38.9. The summed E-state index contributed by atoms with van der Waals surface area (Å²) in [5.41, 5.74) is 8.81. The number of carbonyl (C=O) groups is 3. The molecule has 1 saturated heterocycles. The number of likely N-dealkylation sites (tertiary alicyclic amines) is 1. The highest BCUT2D eigenvalue weighted by molar-refractivity contribution is 5.95. The minimum absolute atomic E-state index is 0.00131. The van der Waals surface area contributed by atoms with Gasteiger partial charge in [-0.3, -0.25) is 24.3 Å². The monoisotopic (exact) mass is 743 g/mol. The molecule has 3 aliphatic rings. The van der Waals surface area contributed by atoms with Crippen LogP contribution in [0.5, 0.6) is 5.75 Å². The fourth-order valence-electron chi connectivity index (χ4n) is 9.10. The summed E-state index contributed by atoms with van der Waals surface area (Å²) in [6.07, 6.45) is 10.0. The van der Waals surface area contributed by atoms with Gasteiger partial charge in [-0.15, -0.1) is 0 Å². The molecular weight excluding hydrogens is 677 g/mol. The quantitative estimate of drug-likeness (QED) is 0.0664. The molecule has 10 nitrogen and oxygen atoms in total. The number of phenols is 1. The summed E-state index contributed by atoms with van der Waals surface area (Å²) < 4.78 is 0. The van der Waals surface area contributed by atoms with E-state index >= 15 is 0 Å². The second-order valence-electron chi connectivity index (χ2n) is 16.9. The summed E-state index contributed by atoms with van der Waals surface area (Å²) in [5, 5.41) is 19.2. The number of fused-ring (bicyclic) bond motifs is 4. The number of hydrogen-bond donors (Lipinski definition) is 5. The van der Waals surface area contributed by atoms with E-state index in [0.717, 1.165) is 95.2 Å². The molecule has 1 saturated carbocycles. The lowest BCUT2D eigenvalue weighted by molar-refractivity contribution is -0.130. The number of nitrogens with zero attached hydrogens (tertiary/aromatic N) is 2. The van der Waals surface area contributed by atoms with Crippen molar-refractivity contribution >= 4 is 23.6 Å². The molecule has 0 radical (unpaired) electrons. The Bertz CT molecular complexity index is 1610. The predicted molar refractivity (Wildman–Crippen MR) is 216 cm³/mol. The first-order chi connectivity index (χ1) is 25.9. The van der Waals surface area contributed by atoms with Gasteiger partial charge in [0, 0.05) is 32.1 Å². The van der Waals surface area contributed by atoms with Crippen LogP contribution in [-0.2, 0) is 31.6 Å². The number of amides is 3. The van der Waals surface area contributed by atoms with E-state index in [1.165, 1.54) is 11.1 Å². The lowest BCUT2D eigenvalue weighted by atomic mass is 9.59. The van der Waals surface area contributed by atoms with Gasteiger partial charge in [0.1, 0.15) is 11.8 Å². The summed E-state index contributed by atoms with van der Waals surface area (Å²) in [6, 6.07) is 15.5. The highest BCUT2D eigenvalue weighted by Gasteiger charge is 2.62. The number of carbonyl (C=O) groups excluding carboxylic acids is 3. The number of unbranched alkanes of at least 4 members (excludes halogenated alkanes) is 4. The van der Waals surface area contributed by atoms with Crippen LogP contribution in [-0.4, -0.2) is 78.4 Å². The molecule has 5 rings (SSSR count). The SMILES string of the molecule is CCCCC(N)=NCCCCCCNC(=O)C(CC(C)C)NC(=O)CNC(=O)[C@]1(c2ccccc2)CC1CN1CC[C@@]2(C)c3cc(O)ccc3CC1C2C. The number of benzene rings is 2. The number of nitrogens with one attached hydrogen (secondary N) is 3. The maximum absolute atomic E-state index is 14.1. The van der Waals surface area contributed by atoms with Gasteiger partial charge in [-0.25, -0.2) is 0 Å². The van der Waals surface area contributed by atoms with Crippen molar-refractivity contribution in [2.45, 2.75) is 128 Å². The van der Waals surface area contributed by atoms with E-state index < -0.39 is 11.5 Å². The van der Waals surface area contributed by atoms with Crippen LogP contribution in [0.1, 0.15) is 116 Å². The fraction of sp³-hybridized carbons (Fsp3) is 0.636. The molecule has 10 heteroatoms. The maximum Gasteiger partial charge on any atom is 0.242 e. The highest BCUT2D eigenvalue weighted by Crippen LogP contribution is 2.56. The highest BCUT2D eigenvalue weighted by atomic mass is 16.3. The Balaban J connectivity index is 1.13. The smallest absolute Gasteiger partial charge is 0.242 e. The first-order valence-electron chi connectivity index (χ1n) is 20.6. The molecule has 2 aromatic rings. The Morgan fingerprint density at radius 3 is 2.54 bits per heavy atom. The van der Waals surface area contributed by atoms with E-state index in [-0.39, 0.29) is 41.5 Å². The van der Waals surface area contributed by atoms with E-state index in [4.69, 9.17) is 5.73 Å². The lowest BCUT2D eigenvalue weighted by Gasteiger charge is -2.55. The molecule has 0 aromatic heterocycles. The van der Waals surface area contributed by atoms with Crippen LogP contribution in [0, 0.1) is 17.8 Å². The minimum atomic E-state index is -0.702. The number of aromatic hydroxyl groups is 1. The molecule has 2 fully saturated rings. The number of hydrogen-bond acceptors (Lipinski definition) is 6. The number of amidine groups is 1. The molecule has 6 atom stereocenters. The standard InChI is InChI=1S/C44H66N6O4/c1-6-7-17-39(45)46-21-13-8-9-14-22-47-41(53)37(24-30(2)3)49-40(52)28-48-42(54)44(33-15-11-10-12-16-33)27-34(44)29-50-23-20-43(5)31(4)38(50)25-32-18-19-35(51)26-36(32)43/h10-12,15-16,18-19,26,30-31,34,37-38,51H,6-9,13-14,17,20-25,27-29H2,1-5H3,(H2,45,46)(H,47,53)(H,48,54)(H,49,52)/t31?,34?,37?,38?,43-,44+/m1/s1. The van der Waals surface area contributed by atoms with Crippen molar-refractivity contribution < 1.29 is 19.5 Å². The van der Waals surface area contributed by atoms with Crippen molar-refractivity contribution in [1.82, 2.24) is 20.9 Å². The molecule has 1 aliphatic heterocycles. The van der Waals surface area contributed by atoms with Crippen molar-refractivity contribution in [3.63, 3.8) is 0 Å². The molecular formula is C44H66N6O4. The number of aliphatic imine (C=N–C) groups is 1. The maximum atomic E-state index is 14.1. The lowest BCUT2D eigenvalue weighted by Crippen LogP contribution is -2.58.